The third-order valence-electron chi connectivity index (χ3n) is 7.61. The zero-order valence-electron chi connectivity index (χ0n) is 19.5. The molecule has 7 heteroatoms. The second-order valence-electron chi connectivity index (χ2n) is 9.95. The van der Waals surface area contributed by atoms with Gasteiger partial charge in [0.05, 0.1) is 17.2 Å². The number of hydrogen-bond donors (Lipinski definition) is 2. The van der Waals surface area contributed by atoms with E-state index >= 15 is 0 Å². The highest BCUT2D eigenvalue weighted by Crippen LogP contribution is 2.50. The van der Waals surface area contributed by atoms with E-state index in [-0.39, 0.29) is 30.5 Å². The molecule has 0 unspecified atom stereocenters. The lowest BCUT2D eigenvalue weighted by atomic mass is 9.77. The lowest BCUT2D eigenvalue weighted by molar-refractivity contribution is -0.136. The van der Waals surface area contributed by atoms with Gasteiger partial charge in [0.15, 0.2) is 0 Å². The molecule has 33 heavy (non-hydrogen) atoms. The Bertz CT molecular complexity index is 817. The molecule has 4 rings (SSSR count). The van der Waals surface area contributed by atoms with Crippen LogP contribution in [0.1, 0.15) is 105 Å². The fraction of sp³-hybridized carbons (Fsp3) is 0.731. The first-order valence-electron chi connectivity index (χ1n) is 12.9. The molecule has 3 fully saturated rings. The normalized spacial score (nSPS) is 27.4. The Labute approximate surface area is 201 Å². The lowest BCUT2D eigenvalue weighted by Gasteiger charge is -2.25. The molecule has 2 N–H and O–H groups in total. The predicted octanol–water partition coefficient (Wildman–Crippen LogP) is 5.70. The van der Waals surface area contributed by atoms with E-state index in [0.717, 1.165) is 43.2 Å². The number of rotatable bonds is 12. The van der Waals surface area contributed by atoms with E-state index in [1.807, 2.05) is 11.5 Å². The van der Waals surface area contributed by atoms with Crippen molar-refractivity contribution in [1.29, 1.82) is 0 Å². The van der Waals surface area contributed by atoms with Gasteiger partial charge >= 0.3 is 5.97 Å². The van der Waals surface area contributed by atoms with Crippen molar-refractivity contribution in [1.82, 2.24) is 10.3 Å². The number of carbonyl (C=O) groups excluding carboxylic acids is 1. The molecule has 182 valence electrons. The van der Waals surface area contributed by atoms with Gasteiger partial charge in [0.25, 0.3) is 5.91 Å². The van der Waals surface area contributed by atoms with Crippen LogP contribution in [0.2, 0.25) is 0 Å². The van der Waals surface area contributed by atoms with Crippen LogP contribution in [0, 0.1) is 11.8 Å². The van der Waals surface area contributed by atoms with Crippen LogP contribution in [0.15, 0.2) is 17.5 Å². The summed E-state index contributed by atoms with van der Waals surface area (Å²) in [5, 5.41) is 14.7. The van der Waals surface area contributed by atoms with Gasteiger partial charge in [0.1, 0.15) is 5.69 Å². The fourth-order valence-electron chi connectivity index (χ4n) is 5.87. The Hall–Kier alpha value is -1.73. The summed E-state index contributed by atoms with van der Waals surface area (Å²) < 4.78 is 6.20. The molecule has 1 aromatic rings. The monoisotopic (exact) mass is 474 g/mol. The Morgan fingerprint density at radius 3 is 2.76 bits per heavy atom. The van der Waals surface area contributed by atoms with Crippen LogP contribution in [0.4, 0.5) is 0 Å². The molecule has 2 saturated heterocycles. The Kier molecular flexibility index (Phi) is 8.96. The number of aromatic nitrogens is 1. The summed E-state index contributed by atoms with van der Waals surface area (Å²) in [6, 6.07) is 0. The van der Waals surface area contributed by atoms with Gasteiger partial charge in [-0.2, -0.15) is 0 Å². The molecule has 3 heterocycles. The van der Waals surface area contributed by atoms with Gasteiger partial charge in [-0.05, 0) is 38.0 Å². The number of thiazole rings is 1. The topological polar surface area (TPSA) is 88.5 Å². The van der Waals surface area contributed by atoms with Crippen molar-refractivity contribution in [3.8, 4) is 0 Å². The number of carbonyl (C=O) groups is 2. The first-order valence-corrected chi connectivity index (χ1v) is 13.8. The molecular weight excluding hydrogens is 436 g/mol. The number of carboxylic acid groups (broad SMARTS) is 1. The highest BCUT2D eigenvalue weighted by atomic mass is 32.1. The molecule has 2 aliphatic heterocycles. The van der Waals surface area contributed by atoms with Crippen LogP contribution in [0.5, 0.6) is 0 Å². The Balaban J connectivity index is 1.23. The summed E-state index contributed by atoms with van der Waals surface area (Å²) in [6.45, 7) is 0.722. The molecule has 1 aromatic heterocycles. The van der Waals surface area contributed by atoms with Crippen LogP contribution in [0.3, 0.4) is 0 Å². The standard InChI is InChI=1S/C26H38N2O4S/c29-23(30)13-6-2-5-12-19-21-14-15-22(32-21)24(19)26-28-20(17-33-26)25(31)27-16-8-7-11-18-9-3-1-4-10-18/h2,5,17-19,21-22,24H,1,3-4,6-16H2,(H,27,31)(H,29,30)/t19-,21-,22+,24-/m0/s1. The SMILES string of the molecule is O=C(O)CCC=CC[C@@H]1[C@H](c2nc(C(=O)NCCCCC3CCCCC3)cs2)[C@H]2CC[C@@H]1O2. The van der Waals surface area contributed by atoms with E-state index < -0.39 is 5.97 Å². The number of carboxylic acids is 1. The first-order chi connectivity index (χ1) is 16.1. The quantitative estimate of drug-likeness (QED) is 0.300. The molecule has 1 amide bonds. The van der Waals surface area contributed by atoms with Gasteiger partial charge in [0.2, 0.25) is 0 Å². The molecule has 4 atom stereocenters. The molecule has 1 saturated carbocycles. The van der Waals surface area contributed by atoms with Crippen molar-refractivity contribution in [2.75, 3.05) is 6.54 Å². The van der Waals surface area contributed by atoms with E-state index in [1.165, 1.54) is 44.9 Å². The van der Waals surface area contributed by atoms with Crippen molar-refractivity contribution in [2.45, 2.75) is 102 Å². The number of amides is 1. The number of ether oxygens (including phenoxy) is 1. The van der Waals surface area contributed by atoms with Gasteiger partial charge in [-0.3, -0.25) is 9.59 Å². The lowest BCUT2D eigenvalue weighted by Crippen LogP contribution is -2.26. The average Bonchev–Trinajstić information content (AvgIpc) is 3.55. The van der Waals surface area contributed by atoms with Gasteiger partial charge in [-0.1, -0.05) is 57.1 Å². The van der Waals surface area contributed by atoms with E-state index in [1.54, 1.807) is 11.3 Å². The summed E-state index contributed by atoms with van der Waals surface area (Å²) in [6.07, 6.45) is 18.7. The largest absolute Gasteiger partial charge is 0.481 e. The second-order valence-corrected chi connectivity index (χ2v) is 10.8. The minimum absolute atomic E-state index is 0.0654. The van der Waals surface area contributed by atoms with Gasteiger partial charge in [-0.15, -0.1) is 11.3 Å². The van der Waals surface area contributed by atoms with Crippen LogP contribution in [0.25, 0.3) is 0 Å². The smallest absolute Gasteiger partial charge is 0.303 e. The van der Waals surface area contributed by atoms with Gasteiger partial charge in [-0.25, -0.2) is 4.98 Å². The molecule has 6 nitrogen and oxygen atoms in total. The number of fused-ring (bicyclic) bond motifs is 2. The summed E-state index contributed by atoms with van der Waals surface area (Å²) in [4.78, 5) is 28.0. The van der Waals surface area contributed by atoms with Crippen molar-refractivity contribution >= 4 is 23.2 Å². The number of nitrogens with zero attached hydrogens (tertiary/aromatic N) is 1. The number of allylic oxidation sites excluding steroid dienone is 2. The van der Waals surface area contributed by atoms with Gasteiger partial charge < -0.3 is 15.2 Å². The van der Waals surface area contributed by atoms with E-state index in [0.29, 0.717) is 18.0 Å². The fourth-order valence-corrected chi connectivity index (χ4v) is 6.89. The minimum Gasteiger partial charge on any atom is -0.481 e. The molecule has 2 bridgehead atoms. The number of nitrogens with one attached hydrogen (secondary N) is 1. The van der Waals surface area contributed by atoms with E-state index in [2.05, 4.69) is 11.4 Å². The van der Waals surface area contributed by atoms with Crippen LogP contribution in [-0.4, -0.2) is 40.7 Å². The first kappa shape index (κ1) is 24.4. The molecule has 1 aliphatic carbocycles. The maximum atomic E-state index is 12.6. The number of aliphatic carboxylic acids is 1. The summed E-state index contributed by atoms with van der Waals surface area (Å²) >= 11 is 1.57. The molecular formula is C26H38N2O4S. The van der Waals surface area contributed by atoms with Crippen molar-refractivity contribution in [3.63, 3.8) is 0 Å². The van der Waals surface area contributed by atoms with Crippen molar-refractivity contribution in [2.24, 2.45) is 11.8 Å². The summed E-state index contributed by atoms with van der Waals surface area (Å²) in [5.41, 5.74) is 0.529. The Morgan fingerprint density at radius 2 is 1.94 bits per heavy atom. The maximum absolute atomic E-state index is 12.6. The number of hydrogen-bond acceptors (Lipinski definition) is 5. The van der Waals surface area contributed by atoms with E-state index in [9.17, 15) is 9.59 Å². The minimum atomic E-state index is -0.765. The highest BCUT2D eigenvalue weighted by Gasteiger charge is 2.50. The summed E-state index contributed by atoms with van der Waals surface area (Å²) in [5.74, 6) is 0.657. The predicted molar refractivity (Wildman–Crippen MR) is 130 cm³/mol. The third kappa shape index (κ3) is 6.66. The molecule has 3 aliphatic rings. The molecule has 0 radical (unpaired) electrons. The van der Waals surface area contributed by atoms with Crippen LogP contribution in [-0.2, 0) is 9.53 Å². The van der Waals surface area contributed by atoms with Crippen LogP contribution < -0.4 is 5.32 Å². The third-order valence-corrected chi connectivity index (χ3v) is 8.56. The zero-order chi connectivity index (χ0) is 23.0. The Morgan fingerprint density at radius 1 is 1.12 bits per heavy atom. The van der Waals surface area contributed by atoms with Crippen molar-refractivity contribution in [3.05, 3.63) is 28.2 Å². The number of unbranched alkanes of at least 4 members (excludes halogenated alkanes) is 1. The van der Waals surface area contributed by atoms with Crippen LogP contribution >= 0.6 is 11.3 Å². The van der Waals surface area contributed by atoms with Gasteiger partial charge in [0, 0.05) is 30.2 Å². The zero-order valence-corrected chi connectivity index (χ0v) is 20.4. The second kappa shape index (κ2) is 12.1. The summed E-state index contributed by atoms with van der Waals surface area (Å²) in [7, 11) is 0. The van der Waals surface area contributed by atoms with E-state index in [4.69, 9.17) is 14.8 Å². The molecule has 0 spiro atoms. The average molecular weight is 475 g/mol. The van der Waals surface area contributed by atoms with Crippen molar-refractivity contribution < 1.29 is 19.4 Å². The highest BCUT2D eigenvalue weighted by molar-refractivity contribution is 7.10. The maximum Gasteiger partial charge on any atom is 0.303 e. The molecule has 0 aromatic carbocycles.